The lowest BCUT2D eigenvalue weighted by atomic mass is 10.1. The number of hydrogen-bond donors (Lipinski definition) is 1. The molecule has 0 bridgehead atoms. The molecule has 2 fully saturated rings. The van der Waals surface area contributed by atoms with E-state index in [1.807, 2.05) is 17.2 Å². The normalized spacial score (nSPS) is 18.2. The van der Waals surface area contributed by atoms with Gasteiger partial charge in [-0.25, -0.2) is 18.4 Å². The molecule has 1 saturated heterocycles. The van der Waals surface area contributed by atoms with Gasteiger partial charge in [-0.15, -0.1) is 0 Å². The second-order valence-corrected chi connectivity index (χ2v) is 10.4. The fraction of sp³-hybridized carbons (Fsp3) is 0.381. The van der Waals surface area contributed by atoms with Crippen LogP contribution in [0.4, 0.5) is 5.82 Å². The Kier molecular flexibility index (Phi) is 4.32. The van der Waals surface area contributed by atoms with Crippen LogP contribution in [0.1, 0.15) is 28.8 Å². The number of H-pyrrole nitrogens is 1. The quantitative estimate of drug-likeness (QED) is 0.686. The molecule has 0 unspecified atom stereocenters. The Balaban J connectivity index is 1.35. The van der Waals surface area contributed by atoms with Gasteiger partial charge >= 0.3 is 0 Å². The SMILES string of the molecule is CS(=O)(=O)Cc1ccc(C(=O)N2CCN(c3ncnc4[nH]ccc34)CC23CC3)cc1. The highest BCUT2D eigenvalue weighted by Gasteiger charge is 2.53. The van der Waals surface area contributed by atoms with Gasteiger partial charge in [0.05, 0.1) is 16.7 Å². The summed E-state index contributed by atoms with van der Waals surface area (Å²) >= 11 is 0. The average molecular weight is 426 g/mol. The smallest absolute Gasteiger partial charge is 0.254 e. The zero-order valence-electron chi connectivity index (χ0n) is 16.7. The summed E-state index contributed by atoms with van der Waals surface area (Å²) in [4.78, 5) is 29.4. The second-order valence-electron chi connectivity index (χ2n) is 8.31. The largest absolute Gasteiger partial charge is 0.352 e. The minimum atomic E-state index is -3.10. The van der Waals surface area contributed by atoms with Crippen molar-refractivity contribution in [3.8, 4) is 0 Å². The van der Waals surface area contributed by atoms with Gasteiger partial charge in [0.25, 0.3) is 5.91 Å². The van der Waals surface area contributed by atoms with Crippen molar-refractivity contribution in [2.24, 2.45) is 0 Å². The average Bonchev–Trinajstić information content (AvgIpc) is 3.29. The molecule has 1 amide bonds. The fourth-order valence-corrected chi connectivity index (χ4v) is 5.16. The molecule has 1 aliphatic heterocycles. The molecular formula is C21H23N5O3S. The molecule has 2 aliphatic rings. The van der Waals surface area contributed by atoms with Crippen LogP contribution in [0.3, 0.4) is 0 Å². The van der Waals surface area contributed by atoms with E-state index in [1.54, 1.807) is 30.6 Å². The molecule has 0 radical (unpaired) electrons. The highest BCUT2D eigenvalue weighted by Crippen LogP contribution is 2.46. The van der Waals surface area contributed by atoms with E-state index >= 15 is 0 Å². The molecule has 30 heavy (non-hydrogen) atoms. The first kappa shape index (κ1) is 19.0. The summed E-state index contributed by atoms with van der Waals surface area (Å²) < 4.78 is 23.0. The highest BCUT2D eigenvalue weighted by molar-refractivity contribution is 7.89. The number of sulfone groups is 1. The number of fused-ring (bicyclic) bond motifs is 1. The molecule has 5 rings (SSSR count). The van der Waals surface area contributed by atoms with Crippen molar-refractivity contribution in [3.63, 3.8) is 0 Å². The third kappa shape index (κ3) is 3.43. The van der Waals surface area contributed by atoms with Gasteiger partial charge in [-0.3, -0.25) is 4.79 Å². The van der Waals surface area contributed by atoms with Gasteiger partial charge in [-0.1, -0.05) is 12.1 Å². The molecule has 1 aromatic carbocycles. The van der Waals surface area contributed by atoms with E-state index in [1.165, 1.54) is 6.26 Å². The molecular weight excluding hydrogens is 402 g/mol. The lowest BCUT2D eigenvalue weighted by Crippen LogP contribution is -2.57. The van der Waals surface area contributed by atoms with Crippen molar-refractivity contribution in [1.82, 2.24) is 19.9 Å². The van der Waals surface area contributed by atoms with Crippen LogP contribution in [-0.2, 0) is 15.6 Å². The van der Waals surface area contributed by atoms with E-state index in [9.17, 15) is 13.2 Å². The Morgan fingerprint density at radius 2 is 1.90 bits per heavy atom. The van der Waals surface area contributed by atoms with Gasteiger partial charge in [0.15, 0.2) is 9.84 Å². The summed E-state index contributed by atoms with van der Waals surface area (Å²) in [6, 6.07) is 8.92. The van der Waals surface area contributed by atoms with E-state index in [0.717, 1.165) is 36.2 Å². The summed E-state index contributed by atoms with van der Waals surface area (Å²) in [6.07, 6.45) is 6.60. The van der Waals surface area contributed by atoms with Crippen molar-refractivity contribution < 1.29 is 13.2 Å². The molecule has 1 spiro atoms. The maximum atomic E-state index is 13.2. The molecule has 8 nitrogen and oxygen atoms in total. The molecule has 0 atom stereocenters. The molecule has 3 aromatic rings. The summed E-state index contributed by atoms with van der Waals surface area (Å²) in [5, 5.41) is 0.995. The summed E-state index contributed by atoms with van der Waals surface area (Å²) in [5.41, 5.74) is 1.95. The van der Waals surface area contributed by atoms with Gasteiger partial charge < -0.3 is 14.8 Å². The first-order chi connectivity index (χ1) is 14.3. The van der Waals surface area contributed by atoms with Crippen molar-refractivity contribution >= 4 is 32.6 Å². The summed E-state index contributed by atoms with van der Waals surface area (Å²) in [5.74, 6) is 0.897. The van der Waals surface area contributed by atoms with Gasteiger partial charge in [0.1, 0.15) is 17.8 Å². The highest BCUT2D eigenvalue weighted by atomic mass is 32.2. The summed E-state index contributed by atoms with van der Waals surface area (Å²) in [7, 11) is -3.10. The lowest BCUT2D eigenvalue weighted by molar-refractivity contribution is 0.0624. The van der Waals surface area contributed by atoms with Gasteiger partial charge in [-0.05, 0) is 36.6 Å². The maximum absolute atomic E-state index is 13.2. The third-order valence-electron chi connectivity index (χ3n) is 5.99. The Morgan fingerprint density at radius 1 is 1.13 bits per heavy atom. The van der Waals surface area contributed by atoms with Gasteiger partial charge in [0.2, 0.25) is 0 Å². The number of benzene rings is 1. The lowest BCUT2D eigenvalue weighted by Gasteiger charge is -2.43. The molecule has 1 aliphatic carbocycles. The van der Waals surface area contributed by atoms with Crippen LogP contribution in [0, 0.1) is 0 Å². The number of carbonyl (C=O) groups excluding carboxylic acids is 1. The number of nitrogens with one attached hydrogen (secondary N) is 1. The molecule has 2 aromatic heterocycles. The van der Waals surface area contributed by atoms with E-state index in [4.69, 9.17) is 0 Å². The van der Waals surface area contributed by atoms with Crippen LogP contribution in [0.15, 0.2) is 42.9 Å². The Labute approximate surface area is 174 Å². The zero-order valence-corrected chi connectivity index (χ0v) is 17.5. The zero-order chi connectivity index (χ0) is 20.9. The standard InChI is InChI=1S/C21H23N5O3S/c1-30(28,29)12-15-2-4-16(5-3-15)20(27)26-11-10-25(13-21(26)7-8-21)19-17-6-9-22-18(17)23-14-24-19/h2-6,9,14H,7-8,10-13H2,1H3,(H,22,23,24). The molecule has 1 saturated carbocycles. The molecule has 3 heterocycles. The van der Waals surface area contributed by atoms with E-state index in [2.05, 4.69) is 19.9 Å². The number of aromatic amines is 1. The topological polar surface area (TPSA) is 99.3 Å². The van der Waals surface area contributed by atoms with Crippen molar-refractivity contribution in [1.29, 1.82) is 0 Å². The fourth-order valence-electron chi connectivity index (χ4n) is 4.36. The van der Waals surface area contributed by atoms with E-state index in [-0.39, 0.29) is 17.2 Å². The molecule has 9 heteroatoms. The van der Waals surface area contributed by atoms with Crippen LogP contribution in [0.2, 0.25) is 0 Å². The van der Waals surface area contributed by atoms with Gasteiger partial charge in [0, 0.05) is 37.7 Å². The first-order valence-electron chi connectivity index (χ1n) is 9.96. The minimum Gasteiger partial charge on any atom is -0.352 e. The first-order valence-corrected chi connectivity index (χ1v) is 12.0. The number of rotatable bonds is 4. The minimum absolute atomic E-state index is 0.00698. The van der Waals surface area contributed by atoms with Crippen LogP contribution < -0.4 is 4.90 Å². The maximum Gasteiger partial charge on any atom is 0.254 e. The third-order valence-corrected chi connectivity index (χ3v) is 6.84. The van der Waals surface area contributed by atoms with Crippen LogP contribution in [0.25, 0.3) is 11.0 Å². The predicted molar refractivity (Wildman–Crippen MR) is 114 cm³/mol. The number of anilines is 1. The second kappa shape index (κ2) is 6.80. The number of amides is 1. The number of piperazine rings is 1. The Bertz CT molecular complexity index is 1210. The van der Waals surface area contributed by atoms with Crippen molar-refractivity contribution in [2.45, 2.75) is 24.1 Å². The monoisotopic (exact) mass is 425 g/mol. The van der Waals surface area contributed by atoms with Crippen molar-refractivity contribution in [3.05, 3.63) is 54.0 Å². The van der Waals surface area contributed by atoms with Crippen LogP contribution >= 0.6 is 0 Å². The van der Waals surface area contributed by atoms with Crippen molar-refractivity contribution in [2.75, 3.05) is 30.8 Å². The molecule has 1 N–H and O–H groups in total. The van der Waals surface area contributed by atoms with Crippen LogP contribution in [-0.4, -0.2) is 65.6 Å². The summed E-state index contributed by atoms with van der Waals surface area (Å²) in [6.45, 7) is 2.08. The number of nitrogens with zero attached hydrogens (tertiary/aromatic N) is 4. The Morgan fingerprint density at radius 3 is 2.60 bits per heavy atom. The van der Waals surface area contributed by atoms with E-state index < -0.39 is 9.84 Å². The number of aromatic nitrogens is 3. The van der Waals surface area contributed by atoms with Gasteiger partial charge in [-0.2, -0.15) is 0 Å². The predicted octanol–water partition coefficient (Wildman–Crippen LogP) is 2.00. The number of carbonyl (C=O) groups is 1. The van der Waals surface area contributed by atoms with Crippen LogP contribution in [0.5, 0.6) is 0 Å². The Hall–Kier alpha value is -2.94. The van der Waals surface area contributed by atoms with E-state index in [0.29, 0.717) is 24.2 Å². The number of hydrogen-bond acceptors (Lipinski definition) is 6. The molecule has 156 valence electrons.